The Morgan fingerprint density at radius 2 is 2.12 bits per heavy atom. The van der Waals surface area contributed by atoms with Gasteiger partial charge in [0.2, 0.25) is 0 Å². The normalized spacial score (nSPS) is 17.5. The summed E-state index contributed by atoms with van der Waals surface area (Å²) in [7, 11) is 1.53. The molecule has 1 aromatic carbocycles. The number of hydrogen-bond acceptors (Lipinski definition) is 6. The van der Waals surface area contributed by atoms with E-state index in [2.05, 4.69) is 31.6 Å². The molecule has 7 heteroatoms. The van der Waals surface area contributed by atoms with E-state index in [-0.39, 0.29) is 5.82 Å². The van der Waals surface area contributed by atoms with Crippen molar-refractivity contribution in [1.82, 2.24) is 9.97 Å². The lowest BCUT2D eigenvalue weighted by Gasteiger charge is -2.31. The summed E-state index contributed by atoms with van der Waals surface area (Å²) in [6.07, 6.45) is 5.81. The molecule has 0 radical (unpaired) electrons. The van der Waals surface area contributed by atoms with Gasteiger partial charge in [0.1, 0.15) is 17.4 Å². The van der Waals surface area contributed by atoms with Crippen molar-refractivity contribution in [3.05, 3.63) is 60.1 Å². The van der Waals surface area contributed by atoms with Crippen molar-refractivity contribution < 1.29 is 9.13 Å². The van der Waals surface area contributed by atoms with E-state index in [1.165, 1.54) is 19.2 Å². The zero-order valence-corrected chi connectivity index (χ0v) is 14.6. The minimum Gasteiger partial charge on any atom is -0.497 e. The van der Waals surface area contributed by atoms with Crippen LogP contribution >= 0.6 is 0 Å². The van der Waals surface area contributed by atoms with E-state index in [1.807, 2.05) is 6.07 Å². The van der Waals surface area contributed by atoms with Gasteiger partial charge in [0.25, 0.3) is 0 Å². The van der Waals surface area contributed by atoms with Crippen LogP contribution in [0.5, 0.6) is 5.75 Å². The van der Waals surface area contributed by atoms with Gasteiger partial charge in [0, 0.05) is 67.2 Å². The number of ether oxygens (including phenoxy) is 1. The second kappa shape index (κ2) is 8.33. The van der Waals surface area contributed by atoms with Crippen molar-refractivity contribution in [2.45, 2.75) is 13.0 Å². The number of nitrogens with zero attached hydrogens (tertiary/aromatic N) is 5. The molecule has 3 rings (SSSR count). The second-order valence-electron chi connectivity index (χ2n) is 5.79. The van der Waals surface area contributed by atoms with Crippen LogP contribution in [0.3, 0.4) is 0 Å². The van der Waals surface area contributed by atoms with E-state index in [0.29, 0.717) is 31.1 Å². The lowest BCUT2D eigenvalue weighted by atomic mass is 10.0. The van der Waals surface area contributed by atoms with Crippen molar-refractivity contribution in [3.63, 3.8) is 0 Å². The van der Waals surface area contributed by atoms with Gasteiger partial charge < -0.3 is 9.64 Å². The quantitative estimate of drug-likeness (QED) is 0.775. The molecule has 0 atom stereocenters. The number of piperidine rings is 1. The fourth-order valence-electron chi connectivity index (χ4n) is 2.83. The Balaban J connectivity index is 1.79. The molecule has 2 heterocycles. The van der Waals surface area contributed by atoms with E-state index >= 15 is 0 Å². The van der Waals surface area contributed by atoms with Gasteiger partial charge >= 0.3 is 0 Å². The van der Waals surface area contributed by atoms with Crippen molar-refractivity contribution >= 4 is 18.1 Å². The standard InChI is InChI=1S/C19H20FN5O/c1-21-11-14-13-25(16-8-15(20)9-17(10-16)26-2)7-4-18(14)24-12-19-22-5-3-6-23-19/h3,5-6,8-11H,1,4,7,12-13H2,2H3/b14-11-,24-18-. The van der Waals surface area contributed by atoms with Crippen molar-refractivity contribution in [3.8, 4) is 5.75 Å². The Hall–Kier alpha value is -3.09. The fourth-order valence-corrected chi connectivity index (χ4v) is 2.83. The molecule has 0 saturated carbocycles. The van der Waals surface area contributed by atoms with Gasteiger partial charge in [0.15, 0.2) is 0 Å². The number of aliphatic imine (C=N–C) groups is 2. The summed E-state index contributed by atoms with van der Waals surface area (Å²) in [4.78, 5) is 19.0. The van der Waals surface area contributed by atoms with Crippen LogP contribution in [-0.4, -0.2) is 42.6 Å². The number of methoxy groups -OCH3 is 1. The molecule has 2 aromatic rings. The summed E-state index contributed by atoms with van der Waals surface area (Å²) < 4.78 is 19.0. The largest absolute Gasteiger partial charge is 0.497 e. The molecule has 1 aromatic heterocycles. The zero-order valence-electron chi connectivity index (χ0n) is 14.6. The van der Waals surface area contributed by atoms with Gasteiger partial charge in [-0.3, -0.25) is 9.98 Å². The molecule has 0 unspecified atom stereocenters. The smallest absolute Gasteiger partial charge is 0.149 e. The average Bonchev–Trinajstić information content (AvgIpc) is 2.67. The molecule has 134 valence electrons. The van der Waals surface area contributed by atoms with Crippen LogP contribution in [0.1, 0.15) is 12.2 Å². The first-order valence-corrected chi connectivity index (χ1v) is 8.23. The fraction of sp³-hybridized carbons (Fsp3) is 0.263. The van der Waals surface area contributed by atoms with Crippen molar-refractivity contribution in [2.75, 3.05) is 25.1 Å². The molecule has 1 fully saturated rings. The monoisotopic (exact) mass is 353 g/mol. The summed E-state index contributed by atoms with van der Waals surface area (Å²) in [5.74, 6) is 0.837. The lowest BCUT2D eigenvalue weighted by molar-refractivity contribution is 0.411. The van der Waals surface area contributed by atoms with Crippen LogP contribution < -0.4 is 9.64 Å². The van der Waals surface area contributed by atoms with Crippen LogP contribution in [0.15, 0.2) is 58.4 Å². The lowest BCUT2D eigenvalue weighted by Crippen LogP contribution is -2.36. The molecule has 1 aliphatic heterocycles. The summed E-state index contributed by atoms with van der Waals surface area (Å²) in [6, 6.07) is 6.46. The van der Waals surface area contributed by atoms with Crippen molar-refractivity contribution in [2.24, 2.45) is 9.98 Å². The van der Waals surface area contributed by atoms with Gasteiger partial charge in [-0.2, -0.15) is 0 Å². The van der Waals surface area contributed by atoms with Gasteiger partial charge in [0.05, 0.1) is 13.7 Å². The molecule has 1 aliphatic rings. The maximum atomic E-state index is 13.8. The average molecular weight is 353 g/mol. The number of anilines is 1. The highest BCUT2D eigenvalue weighted by Gasteiger charge is 2.21. The number of hydrogen-bond donors (Lipinski definition) is 0. The molecule has 0 N–H and O–H groups in total. The Labute approximate surface area is 151 Å². The molecule has 0 amide bonds. The van der Waals surface area contributed by atoms with Crippen LogP contribution in [0.4, 0.5) is 10.1 Å². The molecular formula is C19H20FN5O. The van der Waals surface area contributed by atoms with Gasteiger partial charge in [-0.05, 0) is 18.9 Å². The summed E-state index contributed by atoms with van der Waals surface area (Å²) >= 11 is 0. The Morgan fingerprint density at radius 1 is 1.31 bits per heavy atom. The van der Waals surface area contributed by atoms with Crippen LogP contribution in [0.2, 0.25) is 0 Å². The third kappa shape index (κ3) is 4.30. The highest BCUT2D eigenvalue weighted by molar-refractivity contribution is 6.02. The maximum Gasteiger partial charge on any atom is 0.149 e. The predicted molar refractivity (Wildman–Crippen MR) is 101 cm³/mol. The molecule has 26 heavy (non-hydrogen) atoms. The first-order chi connectivity index (χ1) is 12.7. The Kier molecular flexibility index (Phi) is 5.68. The number of benzene rings is 1. The number of rotatable bonds is 5. The van der Waals surface area contributed by atoms with E-state index < -0.39 is 0 Å². The van der Waals surface area contributed by atoms with Crippen LogP contribution in [-0.2, 0) is 6.54 Å². The maximum absolute atomic E-state index is 13.8. The Bertz CT molecular complexity index is 835. The van der Waals surface area contributed by atoms with E-state index in [4.69, 9.17) is 4.74 Å². The SMILES string of the molecule is C=N/C=C1/CN(c2cc(F)cc(OC)c2)CC/C1=N/Cc1ncccn1. The molecular weight excluding hydrogens is 333 g/mol. The Morgan fingerprint density at radius 3 is 2.85 bits per heavy atom. The highest BCUT2D eigenvalue weighted by atomic mass is 19.1. The topological polar surface area (TPSA) is 63.0 Å². The summed E-state index contributed by atoms with van der Waals surface area (Å²) in [6.45, 7) is 5.24. The minimum atomic E-state index is -0.326. The number of aromatic nitrogens is 2. The van der Waals surface area contributed by atoms with Crippen LogP contribution in [0, 0.1) is 5.82 Å². The summed E-state index contributed by atoms with van der Waals surface area (Å²) in [5, 5.41) is 0. The molecule has 0 spiro atoms. The second-order valence-corrected chi connectivity index (χ2v) is 5.79. The van der Waals surface area contributed by atoms with Gasteiger partial charge in [-0.15, -0.1) is 0 Å². The van der Waals surface area contributed by atoms with E-state index in [0.717, 1.165) is 23.5 Å². The van der Waals surface area contributed by atoms with Crippen molar-refractivity contribution in [1.29, 1.82) is 0 Å². The molecule has 0 aliphatic carbocycles. The first-order valence-electron chi connectivity index (χ1n) is 8.23. The molecule has 0 bridgehead atoms. The zero-order chi connectivity index (χ0) is 18.4. The van der Waals surface area contributed by atoms with Gasteiger partial charge in [-0.25, -0.2) is 14.4 Å². The first kappa shape index (κ1) is 17.7. The number of halogens is 1. The van der Waals surface area contributed by atoms with Gasteiger partial charge in [-0.1, -0.05) is 0 Å². The molecule has 6 nitrogen and oxygen atoms in total. The van der Waals surface area contributed by atoms with E-state index in [9.17, 15) is 4.39 Å². The summed E-state index contributed by atoms with van der Waals surface area (Å²) in [5.41, 5.74) is 2.66. The predicted octanol–water partition coefficient (Wildman–Crippen LogP) is 3.06. The highest BCUT2D eigenvalue weighted by Crippen LogP contribution is 2.27. The third-order valence-corrected chi connectivity index (χ3v) is 4.09. The van der Waals surface area contributed by atoms with Crippen LogP contribution in [0.25, 0.3) is 0 Å². The third-order valence-electron chi connectivity index (χ3n) is 4.09. The minimum absolute atomic E-state index is 0.326. The van der Waals surface area contributed by atoms with E-state index in [1.54, 1.807) is 24.7 Å². The molecule has 1 saturated heterocycles.